The van der Waals surface area contributed by atoms with Gasteiger partial charge in [0.15, 0.2) is 0 Å². The van der Waals surface area contributed by atoms with Gasteiger partial charge in [-0.25, -0.2) is 4.79 Å². The molecule has 2 N–H and O–H groups in total. The van der Waals surface area contributed by atoms with E-state index in [-0.39, 0.29) is 24.2 Å². The average Bonchev–Trinajstić information content (AvgIpc) is 3.31. The van der Waals surface area contributed by atoms with Crippen LogP contribution in [0.2, 0.25) is 5.02 Å². The Morgan fingerprint density at radius 2 is 1.74 bits per heavy atom. The smallest absolute Gasteiger partial charge is 0.341 e. The van der Waals surface area contributed by atoms with Crippen LogP contribution in [0, 0.1) is 6.92 Å². The fourth-order valence-corrected chi connectivity index (χ4v) is 5.53. The Morgan fingerprint density at radius 3 is 2.47 bits per heavy atom. The number of carbonyl (C=O) groups is 3. The number of hydrogen-bond donors (Lipinski definition) is 2. The van der Waals surface area contributed by atoms with E-state index in [1.165, 1.54) is 23.1 Å². The Morgan fingerprint density at radius 1 is 0.974 bits per heavy atom. The molecule has 194 valence electrons. The zero-order chi connectivity index (χ0) is 27.1. The van der Waals surface area contributed by atoms with Crippen molar-refractivity contribution in [2.24, 2.45) is 0 Å². The van der Waals surface area contributed by atoms with Gasteiger partial charge in [0, 0.05) is 32.1 Å². The number of esters is 1. The number of amides is 2. The van der Waals surface area contributed by atoms with Gasteiger partial charge in [-0.05, 0) is 55.8 Å². The number of aryl methyl sites for hydroxylation is 1. The maximum atomic E-state index is 12.8. The summed E-state index contributed by atoms with van der Waals surface area (Å²) >= 11 is 8.59. The van der Waals surface area contributed by atoms with Crippen LogP contribution in [0.15, 0.2) is 83.1 Å². The van der Waals surface area contributed by atoms with Crippen LogP contribution >= 0.6 is 34.7 Å². The van der Waals surface area contributed by atoms with Crippen LogP contribution in [0.1, 0.15) is 33.2 Å². The number of carbonyl (C=O) groups excluding carboxylic acids is 3. The molecule has 4 rings (SSSR count). The summed E-state index contributed by atoms with van der Waals surface area (Å²) < 4.78 is 5.28. The minimum absolute atomic E-state index is 0.117. The maximum Gasteiger partial charge on any atom is 0.341 e. The summed E-state index contributed by atoms with van der Waals surface area (Å²) in [5, 5.41) is 8.50. The van der Waals surface area contributed by atoms with Gasteiger partial charge in [0.1, 0.15) is 10.6 Å². The van der Waals surface area contributed by atoms with Gasteiger partial charge in [-0.1, -0.05) is 53.6 Å². The first-order valence-electron chi connectivity index (χ1n) is 11.8. The number of nitrogens with one attached hydrogen (secondary N) is 2. The third-order valence-electron chi connectivity index (χ3n) is 5.43. The lowest BCUT2D eigenvalue weighted by Crippen LogP contribution is -2.16. The Hall–Kier alpha value is -3.59. The number of rotatable bonds is 9. The molecule has 9 heteroatoms. The molecule has 1 aromatic heterocycles. The van der Waals surface area contributed by atoms with E-state index < -0.39 is 5.97 Å². The first-order chi connectivity index (χ1) is 18.3. The minimum atomic E-state index is -0.476. The third kappa shape index (κ3) is 7.04. The SMILES string of the molecule is CCOC(=O)c1c(-c2ccc(C)cc2)csc1NC(=O)CSc1cccc(NC(=O)c2cccc(Cl)c2)c1. The van der Waals surface area contributed by atoms with Gasteiger partial charge in [-0.15, -0.1) is 23.1 Å². The molecular formula is C29H25ClN2O4S2. The molecule has 4 aromatic rings. The Kier molecular flexibility index (Phi) is 9.23. The largest absolute Gasteiger partial charge is 0.462 e. The van der Waals surface area contributed by atoms with Crippen LogP contribution in [-0.4, -0.2) is 30.1 Å². The van der Waals surface area contributed by atoms with Crippen LogP contribution in [0.4, 0.5) is 10.7 Å². The van der Waals surface area contributed by atoms with Crippen LogP contribution in [0.3, 0.4) is 0 Å². The van der Waals surface area contributed by atoms with E-state index in [1.807, 2.05) is 42.6 Å². The first-order valence-corrected chi connectivity index (χ1v) is 14.0. The molecule has 0 aliphatic heterocycles. The molecule has 3 aromatic carbocycles. The third-order valence-corrected chi connectivity index (χ3v) is 7.56. The fourth-order valence-electron chi connectivity index (χ4n) is 3.61. The lowest BCUT2D eigenvalue weighted by molar-refractivity contribution is -0.113. The molecule has 0 fully saturated rings. The highest BCUT2D eigenvalue weighted by atomic mass is 35.5. The lowest BCUT2D eigenvalue weighted by Gasteiger charge is -2.10. The summed E-state index contributed by atoms with van der Waals surface area (Å²) in [5.41, 5.74) is 4.12. The molecule has 6 nitrogen and oxygen atoms in total. The van der Waals surface area contributed by atoms with Gasteiger partial charge in [0.25, 0.3) is 5.91 Å². The monoisotopic (exact) mass is 564 g/mol. The normalized spacial score (nSPS) is 10.6. The predicted molar refractivity (Wildman–Crippen MR) is 156 cm³/mol. The van der Waals surface area contributed by atoms with Crippen molar-refractivity contribution < 1.29 is 19.1 Å². The quantitative estimate of drug-likeness (QED) is 0.162. The number of hydrogen-bond acceptors (Lipinski definition) is 6. The summed E-state index contributed by atoms with van der Waals surface area (Å²) in [5.74, 6) is -0.895. The molecule has 0 aliphatic rings. The van der Waals surface area contributed by atoms with E-state index in [0.29, 0.717) is 26.8 Å². The van der Waals surface area contributed by atoms with Gasteiger partial charge in [-0.3, -0.25) is 9.59 Å². The highest BCUT2D eigenvalue weighted by molar-refractivity contribution is 8.00. The fraction of sp³-hybridized carbons (Fsp3) is 0.138. The Balaban J connectivity index is 1.43. The summed E-state index contributed by atoms with van der Waals surface area (Å²) in [6, 6.07) is 21.8. The second-order valence-electron chi connectivity index (χ2n) is 8.27. The number of anilines is 2. The van der Waals surface area contributed by atoms with Gasteiger partial charge in [0.05, 0.1) is 12.4 Å². The summed E-state index contributed by atoms with van der Waals surface area (Å²) in [6.07, 6.45) is 0. The highest BCUT2D eigenvalue weighted by Crippen LogP contribution is 2.36. The molecule has 38 heavy (non-hydrogen) atoms. The van der Waals surface area contributed by atoms with E-state index >= 15 is 0 Å². The van der Waals surface area contributed by atoms with Crippen molar-refractivity contribution in [3.8, 4) is 11.1 Å². The molecule has 0 unspecified atom stereocenters. The van der Waals surface area contributed by atoms with Gasteiger partial charge < -0.3 is 15.4 Å². The molecule has 2 amide bonds. The second kappa shape index (κ2) is 12.8. The van der Waals surface area contributed by atoms with E-state index in [9.17, 15) is 14.4 Å². The maximum absolute atomic E-state index is 12.8. The number of ether oxygens (including phenoxy) is 1. The van der Waals surface area contributed by atoms with Crippen LogP contribution in [0.5, 0.6) is 0 Å². The van der Waals surface area contributed by atoms with Gasteiger partial charge >= 0.3 is 5.97 Å². The summed E-state index contributed by atoms with van der Waals surface area (Å²) in [6.45, 7) is 3.97. The van der Waals surface area contributed by atoms with E-state index in [2.05, 4.69) is 10.6 Å². The average molecular weight is 565 g/mol. The Labute approximate surface area is 234 Å². The van der Waals surface area contributed by atoms with E-state index in [4.69, 9.17) is 16.3 Å². The van der Waals surface area contributed by atoms with Gasteiger partial charge in [0.2, 0.25) is 5.91 Å². The number of halogens is 1. The van der Waals surface area contributed by atoms with Crippen molar-refractivity contribution in [3.63, 3.8) is 0 Å². The second-order valence-corrected chi connectivity index (χ2v) is 10.6. The lowest BCUT2D eigenvalue weighted by atomic mass is 10.0. The van der Waals surface area contributed by atoms with Crippen molar-refractivity contribution in [1.29, 1.82) is 0 Å². The molecule has 0 bridgehead atoms. The summed E-state index contributed by atoms with van der Waals surface area (Å²) in [7, 11) is 0. The van der Waals surface area contributed by atoms with Crippen molar-refractivity contribution in [2.45, 2.75) is 18.7 Å². The van der Waals surface area contributed by atoms with Crippen molar-refractivity contribution in [3.05, 3.63) is 99.9 Å². The summed E-state index contributed by atoms with van der Waals surface area (Å²) in [4.78, 5) is 38.9. The topological polar surface area (TPSA) is 84.5 Å². The molecule has 0 radical (unpaired) electrons. The molecule has 1 heterocycles. The zero-order valence-corrected chi connectivity index (χ0v) is 23.1. The molecule has 0 spiro atoms. The molecule has 0 aliphatic carbocycles. The Bertz CT molecular complexity index is 1470. The molecular weight excluding hydrogens is 540 g/mol. The molecule has 0 saturated heterocycles. The highest BCUT2D eigenvalue weighted by Gasteiger charge is 2.23. The first kappa shape index (κ1) is 27.4. The van der Waals surface area contributed by atoms with E-state index in [1.54, 1.807) is 49.4 Å². The van der Waals surface area contributed by atoms with Crippen molar-refractivity contribution >= 4 is 63.2 Å². The molecule has 0 atom stereocenters. The number of thioether (sulfide) groups is 1. The van der Waals surface area contributed by atoms with Gasteiger partial charge in [-0.2, -0.15) is 0 Å². The van der Waals surface area contributed by atoms with Crippen LogP contribution in [0.25, 0.3) is 11.1 Å². The van der Waals surface area contributed by atoms with E-state index in [0.717, 1.165) is 21.6 Å². The molecule has 0 saturated carbocycles. The standard InChI is InChI=1S/C29H25ClN2O4S2/c1-3-36-29(35)26-24(19-12-10-18(2)11-13-19)16-38-28(26)32-25(33)17-37-23-9-5-8-22(15-23)31-27(34)20-6-4-7-21(30)14-20/h4-16H,3,17H2,1-2H3,(H,31,34)(H,32,33). The number of thiophene rings is 1. The van der Waals surface area contributed by atoms with Crippen LogP contribution in [-0.2, 0) is 9.53 Å². The van der Waals surface area contributed by atoms with Crippen molar-refractivity contribution in [2.75, 3.05) is 23.0 Å². The van der Waals surface area contributed by atoms with Crippen molar-refractivity contribution in [1.82, 2.24) is 0 Å². The predicted octanol–water partition coefficient (Wildman–Crippen LogP) is 7.54. The zero-order valence-electron chi connectivity index (χ0n) is 20.7. The van der Waals surface area contributed by atoms with Crippen LogP contribution < -0.4 is 10.6 Å². The minimum Gasteiger partial charge on any atom is -0.462 e. The number of benzene rings is 3.